The zero-order valence-electron chi connectivity index (χ0n) is 16.7. The van der Waals surface area contributed by atoms with Gasteiger partial charge in [-0.25, -0.2) is 4.98 Å². The fraction of sp³-hybridized carbons (Fsp3) is 0.778. The van der Waals surface area contributed by atoms with Crippen LogP contribution in [-0.4, -0.2) is 68.1 Å². The summed E-state index contributed by atoms with van der Waals surface area (Å²) in [5.74, 6) is 1.80. The molecule has 0 saturated carbocycles. The molecule has 8 heteroatoms. The van der Waals surface area contributed by atoms with Crippen LogP contribution in [-0.2, 0) is 11.3 Å². The molecule has 2 heterocycles. The number of ether oxygens (including phenoxy) is 1. The molecule has 1 aromatic heterocycles. The van der Waals surface area contributed by atoms with E-state index in [1.807, 2.05) is 14.0 Å². The van der Waals surface area contributed by atoms with Crippen LogP contribution >= 0.6 is 35.3 Å². The summed E-state index contributed by atoms with van der Waals surface area (Å²) in [4.78, 5) is 13.7. The summed E-state index contributed by atoms with van der Waals surface area (Å²) in [6.07, 6.45) is 2.69. The van der Waals surface area contributed by atoms with Crippen LogP contribution in [0.5, 0.6) is 0 Å². The first-order valence-electron chi connectivity index (χ1n) is 9.14. The topological polar surface area (TPSA) is 53.0 Å². The molecular weight excluding hydrogens is 461 g/mol. The largest absolute Gasteiger partial charge is 0.375 e. The van der Waals surface area contributed by atoms with E-state index in [4.69, 9.17) is 4.74 Å². The van der Waals surface area contributed by atoms with Crippen molar-refractivity contribution in [1.82, 2.24) is 20.1 Å². The standard InChI is InChI=1S/C18H33N5OS.HI/c1-14-6-9-23(10-7-14)11-8-20-18(19-3)22(4)12-16-13-25-17(21-16)15(2)24-5;/h13-15H,6-12H2,1-5H3,(H,19,20);1H. The molecule has 0 spiro atoms. The third-order valence-electron chi connectivity index (χ3n) is 4.83. The first-order valence-corrected chi connectivity index (χ1v) is 10.0. The van der Waals surface area contributed by atoms with Crippen LogP contribution in [0.2, 0.25) is 0 Å². The second kappa shape index (κ2) is 12.1. The summed E-state index contributed by atoms with van der Waals surface area (Å²) in [6, 6.07) is 0. The number of nitrogens with one attached hydrogen (secondary N) is 1. The maximum absolute atomic E-state index is 5.33. The van der Waals surface area contributed by atoms with Crippen molar-refractivity contribution >= 4 is 41.3 Å². The fourth-order valence-electron chi connectivity index (χ4n) is 3.00. The smallest absolute Gasteiger partial charge is 0.193 e. The van der Waals surface area contributed by atoms with Crippen molar-refractivity contribution in [2.75, 3.05) is 47.4 Å². The fourth-order valence-corrected chi connectivity index (χ4v) is 3.84. The number of nitrogens with zero attached hydrogens (tertiary/aromatic N) is 4. The highest BCUT2D eigenvalue weighted by Gasteiger charge is 2.16. The maximum Gasteiger partial charge on any atom is 0.193 e. The summed E-state index contributed by atoms with van der Waals surface area (Å²) in [5, 5.41) is 6.60. The van der Waals surface area contributed by atoms with Crippen LogP contribution in [0.1, 0.15) is 43.5 Å². The van der Waals surface area contributed by atoms with Crippen molar-refractivity contribution in [1.29, 1.82) is 0 Å². The summed E-state index contributed by atoms with van der Waals surface area (Å²) in [6.45, 7) is 9.55. The quantitative estimate of drug-likeness (QED) is 0.358. The predicted octanol–water partition coefficient (Wildman–Crippen LogP) is 3.21. The van der Waals surface area contributed by atoms with E-state index in [9.17, 15) is 0 Å². The Morgan fingerprint density at radius 2 is 2.19 bits per heavy atom. The molecule has 1 unspecified atom stereocenters. The molecule has 0 aliphatic carbocycles. The number of hydrogen-bond acceptors (Lipinski definition) is 5. The molecule has 6 nitrogen and oxygen atoms in total. The van der Waals surface area contributed by atoms with Crippen LogP contribution in [0.4, 0.5) is 0 Å². The average molecular weight is 495 g/mol. The summed E-state index contributed by atoms with van der Waals surface area (Å²) in [7, 11) is 5.60. The minimum Gasteiger partial charge on any atom is -0.375 e. The Labute approximate surface area is 179 Å². The first kappa shape index (κ1) is 23.6. The number of methoxy groups -OCH3 is 1. The van der Waals surface area contributed by atoms with Crippen LogP contribution < -0.4 is 5.32 Å². The summed E-state index contributed by atoms with van der Waals surface area (Å²) < 4.78 is 5.33. The molecule has 26 heavy (non-hydrogen) atoms. The van der Waals surface area contributed by atoms with E-state index in [1.165, 1.54) is 25.9 Å². The van der Waals surface area contributed by atoms with E-state index < -0.39 is 0 Å². The lowest BCUT2D eigenvalue weighted by molar-refractivity contribution is 0.119. The van der Waals surface area contributed by atoms with Crippen molar-refractivity contribution in [3.63, 3.8) is 0 Å². The molecule has 1 atom stereocenters. The molecule has 0 aromatic carbocycles. The second-order valence-electron chi connectivity index (χ2n) is 6.91. The van der Waals surface area contributed by atoms with Gasteiger partial charge in [0.15, 0.2) is 5.96 Å². The van der Waals surface area contributed by atoms with Gasteiger partial charge in [-0.2, -0.15) is 0 Å². The van der Waals surface area contributed by atoms with Crippen LogP contribution in [0.25, 0.3) is 0 Å². The molecule has 2 rings (SSSR count). The second-order valence-corrected chi connectivity index (χ2v) is 7.80. The van der Waals surface area contributed by atoms with Crippen LogP contribution in [0, 0.1) is 5.92 Å². The Morgan fingerprint density at radius 1 is 1.50 bits per heavy atom. The van der Waals surface area contributed by atoms with Crippen molar-refractivity contribution in [3.8, 4) is 0 Å². The highest BCUT2D eigenvalue weighted by Crippen LogP contribution is 2.21. The number of aromatic nitrogens is 1. The van der Waals surface area contributed by atoms with Crippen molar-refractivity contribution in [2.45, 2.75) is 39.3 Å². The van der Waals surface area contributed by atoms with Crippen molar-refractivity contribution in [2.24, 2.45) is 10.9 Å². The molecule has 1 aliphatic heterocycles. The molecule has 1 aliphatic rings. The molecule has 1 fully saturated rings. The predicted molar refractivity (Wildman–Crippen MR) is 121 cm³/mol. The van der Waals surface area contributed by atoms with Gasteiger partial charge in [-0.1, -0.05) is 6.92 Å². The summed E-state index contributed by atoms with van der Waals surface area (Å²) >= 11 is 1.65. The molecule has 0 amide bonds. The van der Waals surface area contributed by atoms with Crippen molar-refractivity contribution in [3.05, 3.63) is 16.1 Å². The third kappa shape index (κ3) is 7.28. The SMILES string of the molecule is CN=C(NCCN1CCC(C)CC1)N(C)Cc1csc(C(C)OC)n1.I. The highest BCUT2D eigenvalue weighted by atomic mass is 127. The Bertz CT molecular complexity index is 545. The van der Waals surface area contributed by atoms with E-state index in [0.717, 1.165) is 42.2 Å². The normalized spacial score (nSPS) is 17.7. The van der Waals surface area contributed by atoms with Gasteiger partial charge in [0.05, 0.1) is 12.2 Å². The zero-order chi connectivity index (χ0) is 18.2. The van der Waals surface area contributed by atoms with E-state index >= 15 is 0 Å². The lowest BCUT2D eigenvalue weighted by Gasteiger charge is -2.30. The monoisotopic (exact) mass is 495 g/mol. The Hall–Kier alpha value is -0.450. The number of guanidine groups is 1. The maximum atomic E-state index is 5.33. The number of thiazole rings is 1. The van der Waals surface area contributed by atoms with Gasteiger partial charge in [0.25, 0.3) is 0 Å². The average Bonchev–Trinajstić information content (AvgIpc) is 3.08. The number of piperidine rings is 1. The molecule has 0 radical (unpaired) electrons. The van der Waals surface area contributed by atoms with Gasteiger partial charge in [-0.15, -0.1) is 35.3 Å². The molecule has 1 aromatic rings. The third-order valence-corrected chi connectivity index (χ3v) is 5.89. The Kier molecular flexibility index (Phi) is 11.0. The van der Waals surface area contributed by atoms with E-state index in [1.54, 1.807) is 18.4 Å². The zero-order valence-corrected chi connectivity index (χ0v) is 19.8. The molecule has 1 N–H and O–H groups in total. The van der Waals surface area contributed by atoms with E-state index in [2.05, 4.69) is 44.4 Å². The molecule has 150 valence electrons. The lowest BCUT2D eigenvalue weighted by atomic mass is 9.99. The first-order chi connectivity index (χ1) is 12.0. The number of hydrogen-bond donors (Lipinski definition) is 1. The van der Waals surface area contributed by atoms with Gasteiger partial charge in [-0.3, -0.25) is 4.99 Å². The Balaban J connectivity index is 0.00000338. The molecule has 1 saturated heterocycles. The van der Waals surface area contributed by atoms with Crippen molar-refractivity contribution < 1.29 is 4.74 Å². The molecular formula is C18H34IN5OS. The van der Waals surface area contributed by atoms with E-state index in [-0.39, 0.29) is 30.1 Å². The molecule has 0 bridgehead atoms. The number of rotatable bonds is 7. The van der Waals surface area contributed by atoms with Gasteiger partial charge in [0.1, 0.15) is 11.1 Å². The van der Waals surface area contributed by atoms with Crippen LogP contribution in [0.15, 0.2) is 10.4 Å². The van der Waals surface area contributed by atoms with Gasteiger partial charge < -0.3 is 19.9 Å². The Morgan fingerprint density at radius 3 is 2.81 bits per heavy atom. The summed E-state index contributed by atoms with van der Waals surface area (Å²) in [5.41, 5.74) is 1.05. The van der Waals surface area contributed by atoms with Gasteiger partial charge >= 0.3 is 0 Å². The highest BCUT2D eigenvalue weighted by molar-refractivity contribution is 14.0. The number of aliphatic imine (C=N–C) groups is 1. The minimum absolute atomic E-state index is 0. The van der Waals surface area contributed by atoms with E-state index in [0.29, 0.717) is 0 Å². The van der Waals surface area contributed by atoms with Gasteiger partial charge in [0, 0.05) is 39.7 Å². The number of halogens is 1. The lowest BCUT2D eigenvalue weighted by Crippen LogP contribution is -2.43. The van der Waals surface area contributed by atoms with Crippen LogP contribution in [0.3, 0.4) is 0 Å². The minimum atomic E-state index is 0. The number of likely N-dealkylation sites (tertiary alicyclic amines) is 1. The van der Waals surface area contributed by atoms with Gasteiger partial charge in [0.2, 0.25) is 0 Å². The van der Waals surface area contributed by atoms with Gasteiger partial charge in [-0.05, 0) is 38.8 Å².